The van der Waals surface area contributed by atoms with Crippen LogP contribution in [-0.4, -0.2) is 0 Å². The van der Waals surface area contributed by atoms with Crippen LogP contribution in [0.5, 0.6) is 0 Å². The van der Waals surface area contributed by atoms with Gasteiger partial charge in [0.15, 0.2) is 0 Å². The van der Waals surface area contributed by atoms with Gasteiger partial charge in [0.25, 0.3) is 0 Å². The second-order valence-corrected chi connectivity index (χ2v) is 6.72. The number of fused-ring (bicyclic) bond motifs is 1. The van der Waals surface area contributed by atoms with Crippen molar-refractivity contribution in [3.63, 3.8) is 0 Å². The molecular weight excluding hydrogens is 192 g/mol. The van der Waals surface area contributed by atoms with Gasteiger partial charge in [0.1, 0.15) is 0 Å². The van der Waals surface area contributed by atoms with Crippen molar-refractivity contribution in [2.75, 3.05) is 0 Å². The zero-order chi connectivity index (χ0) is 10.3. The van der Waals surface area contributed by atoms with Gasteiger partial charge in [-0.1, -0.05) is 24.3 Å². The van der Waals surface area contributed by atoms with Crippen molar-refractivity contribution in [2.24, 2.45) is 23.7 Å². The molecule has 0 unspecified atom stereocenters. The lowest BCUT2D eigenvalue weighted by atomic mass is 9.49. The molecule has 4 bridgehead atoms. The molecule has 4 fully saturated rings. The fourth-order valence-corrected chi connectivity index (χ4v) is 5.92. The van der Waals surface area contributed by atoms with E-state index in [4.69, 9.17) is 0 Å². The first-order valence-electron chi connectivity index (χ1n) is 6.99. The average molecular weight is 210 g/mol. The molecule has 1 aromatic rings. The summed E-state index contributed by atoms with van der Waals surface area (Å²) >= 11 is 0. The molecular formula is C16H18. The maximum absolute atomic E-state index is 2.41. The topological polar surface area (TPSA) is 0 Å². The Labute approximate surface area is 97.1 Å². The standard InChI is InChI=1S/C16H18/c1-2-4-15-14(3-1)16(15)12-6-10-5-11(8-12)9-13(16)7-10/h1-4,10-13H,5-9H2. The van der Waals surface area contributed by atoms with Gasteiger partial charge in [-0.05, 0) is 66.9 Å². The fraction of sp³-hybridized carbons (Fsp3) is 0.625. The molecule has 1 aromatic carbocycles. The Morgan fingerprint density at radius 2 is 1.25 bits per heavy atom. The third-order valence-electron chi connectivity index (χ3n) is 6.18. The van der Waals surface area contributed by atoms with Crippen LogP contribution in [0, 0.1) is 23.7 Å². The Kier molecular flexibility index (Phi) is 1.25. The van der Waals surface area contributed by atoms with E-state index in [1.165, 1.54) is 0 Å². The fourth-order valence-electron chi connectivity index (χ4n) is 5.92. The van der Waals surface area contributed by atoms with E-state index in [1.807, 2.05) is 0 Å². The zero-order valence-electron chi connectivity index (χ0n) is 9.65. The smallest absolute Gasteiger partial charge is 0.0265 e. The minimum absolute atomic E-state index is 0.608. The molecule has 0 heteroatoms. The first-order chi connectivity index (χ1) is 7.89. The lowest BCUT2D eigenvalue weighted by Gasteiger charge is -2.55. The van der Waals surface area contributed by atoms with Crippen LogP contribution in [0.4, 0.5) is 0 Å². The summed E-state index contributed by atoms with van der Waals surface area (Å²) in [6.07, 6.45) is 7.74. The van der Waals surface area contributed by atoms with Crippen LogP contribution in [0.1, 0.15) is 43.2 Å². The molecule has 0 amide bonds. The van der Waals surface area contributed by atoms with Crippen molar-refractivity contribution in [1.29, 1.82) is 0 Å². The van der Waals surface area contributed by atoms with Gasteiger partial charge in [-0.2, -0.15) is 0 Å². The predicted molar refractivity (Wildman–Crippen MR) is 64.3 cm³/mol. The second-order valence-electron chi connectivity index (χ2n) is 6.72. The maximum Gasteiger partial charge on any atom is 0.0265 e. The molecule has 4 saturated carbocycles. The Morgan fingerprint density at radius 3 is 1.75 bits per heavy atom. The highest BCUT2D eigenvalue weighted by Gasteiger charge is 2.66. The number of benzene rings is 1. The minimum atomic E-state index is 0.608. The molecule has 0 nitrogen and oxygen atoms in total. The molecule has 5 aliphatic rings. The molecule has 16 heavy (non-hydrogen) atoms. The van der Waals surface area contributed by atoms with Gasteiger partial charge in [-0.3, -0.25) is 0 Å². The third-order valence-corrected chi connectivity index (χ3v) is 6.18. The summed E-state index contributed by atoms with van der Waals surface area (Å²) in [4.78, 5) is 0. The van der Waals surface area contributed by atoms with Crippen LogP contribution in [0.3, 0.4) is 0 Å². The minimum Gasteiger partial charge on any atom is -0.0619 e. The average Bonchev–Trinajstić information content (AvgIpc) is 2.95. The van der Waals surface area contributed by atoms with E-state index in [0.717, 1.165) is 23.7 Å². The summed E-state index contributed by atoms with van der Waals surface area (Å²) in [6.45, 7) is 0. The first kappa shape index (κ1) is 8.33. The Hall–Kier alpha value is -0.780. The summed E-state index contributed by atoms with van der Waals surface area (Å²) in [5.41, 5.74) is 4.09. The third kappa shape index (κ3) is 0.724. The van der Waals surface area contributed by atoms with Gasteiger partial charge < -0.3 is 0 Å². The molecule has 0 aromatic heterocycles. The molecule has 0 saturated heterocycles. The lowest BCUT2D eigenvalue weighted by Crippen LogP contribution is -2.49. The van der Waals surface area contributed by atoms with Gasteiger partial charge in [0.2, 0.25) is 0 Å². The van der Waals surface area contributed by atoms with Crippen LogP contribution < -0.4 is 0 Å². The summed E-state index contributed by atoms with van der Waals surface area (Å²) in [7, 11) is 0. The molecule has 0 aliphatic heterocycles. The van der Waals surface area contributed by atoms with Crippen LogP contribution in [0.15, 0.2) is 24.3 Å². The Bertz CT molecular complexity index is 418. The normalized spacial score (nSPS) is 44.8. The van der Waals surface area contributed by atoms with Crippen molar-refractivity contribution in [2.45, 2.75) is 37.5 Å². The van der Waals surface area contributed by atoms with E-state index in [-0.39, 0.29) is 0 Å². The monoisotopic (exact) mass is 210 g/mol. The summed E-state index contributed by atoms with van der Waals surface area (Å²) < 4.78 is 0. The lowest BCUT2D eigenvalue weighted by molar-refractivity contribution is -0.0213. The zero-order valence-corrected chi connectivity index (χ0v) is 9.65. The van der Waals surface area contributed by atoms with Crippen molar-refractivity contribution in [3.05, 3.63) is 35.4 Å². The van der Waals surface area contributed by atoms with E-state index in [2.05, 4.69) is 24.3 Å². The Morgan fingerprint density at radius 1 is 0.750 bits per heavy atom. The largest absolute Gasteiger partial charge is 0.0619 e. The Balaban J connectivity index is 1.68. The highest BCUT2D eigenvalue weighted by molar-refractivity contribution is 5.62. The first-order valence-corrected chi connectivity index (χ1v) is 6.99. The molecule has 0 heterocycles. The molecule has 5 aliphatic carbocycles. The number of rotatable bonds is 0. The number of hydrogen-bond donors (Lipinski definition) is 0. The van der Waals surface area contributed by atoms with E-state index < -0.39 is 0 Å². The maximum atomic E-state index is 2.41. The molecule has 0 atom stereocenters. The molecule has 0 radical (unpaired) electrons. The van der Waals surface area contributed by atoms with Gasteiger partial charge in [0.05, 0.1) is 0 Å². The van der Waals surface area contributed by atoms with Gasteiger partial charge >= 0.3 is 0 Å². The van der Waals surface area contributed by atoms with E-state index in [9.17, 15) is 0 Å². The summed E-state index contributed by atoms with van der Waals surface area (Å²) in [5, 5.41) is 0. The van der Waals surface area contributed by atoms with Gasteiger partial charge in [-0.15, -0.1) is 0 Å². The molecule has 0 N–H and O–H groups in total. The van der Waals surface area contributed by atoms with Crippen LogP contribution in [0.2, 0.25) is 0 Å². The highest BCUT2D eigenvalue weighted by Crippen LogP contribution is 2.72. The predicted octanol–water partition coefficient (Wildman–Crippen LogP) is 3.74. The molecule has 1 spiro atoms. The van der Waals surface area contributed by atoms with Crippen LogP contribution in [-0.2, 0) is 5.41 Å². The van der Waals surface area contributed by atoms with Crippen molar-refractivity contribution < 1.29 is 0 Å². The van der Waals surface area contributed by atoms with E-state index in [1.54, 1.807) is 43.2 Å². The van der Waals surface area contributed by atoms with E-state index in [0.29, 0.717) is 5.41 Å². The number of hydrogen-bond acceptors (Lipinski definition) is 0. The van der Waals surface area contributed by atoms with E-state index >= 15 is 0 Å². The molecule has 6 rings (SSSR count). The quantitative estimate of drug-likeness (QED) is 0.612. The van der Waals surface area contributed by atoms with Crippen molar-refractivity contribution >= 4 is 0 Å². The van der Waals surface area contributed by atoms with Gasteiger partial charge in [-0.25, -0.2) is 0 Å². The highest BCUT2D eigenvalue weighted by atomic mass is 14.7. The summed E-state index contributed by atoms with van der Waals surface area (Å²) in [6, 6.07) is 9.33. The van der Waals surface area contributed by atoms with Crippen LogP contribution >= 0.6 is 0 Å². The van der Waals surface area contributed by atoms with Crippen molar-refractivity contribution in [3.8, 4) is 0 Å². The molecule has 82 valence electrons. The summed E-state index contributed by atoms with van der Waals surface area (Å²) in [5.74, 6) is 4.26. The van der Waals surface area contributed by atoms with Gasteiger partial charge in [0, 0.05) is 5.41 Å². The van der Waals surface area contributed by atoms with Crippen molar-refractivity contribution in [1.82, 2.24) is 0 Å². The second kappa shape index (κ2) is 2.39. The van der Waals surface area contributed by atoms with Crippen LogP contribution in [0.25, 0.3) is 0 Å². The SMILES string of the molecule is c1ccc2c(c1)C21C2CC3CC(C2)CC1C3.